The molecule has 1 aromatic heterocycles. The summed E-state index contributed by atoms with van der Waals surface area (Å²) in [5.74, 6) is 2.04. The molecule has 5 nitrogen and oxygen atoms in total. The lowest BCUT2D eigenvalue weighted by atomic mass is 10.1. The molecule has 0 aliphatic heterocycles. The van der Waals surface area contributed by atoms with Crippen LogP contribution in [-0.4, -0.2) is 30.2 Å². The maximum Gasteiger partial charge on any atom is 0.229 e. The molecule has 0 unspecified atom stereocenters. The number of benzene rings is 2. The van der Waals surface area contributed by atoms with Crippen LogP contribution in [0.4, 0.5) is 17.5 Å². The zero-order chi connectivity index (χ0) is 19.2. The van der Waals surface area contributed by atoms with Gasteiger partial charge in [0.25, 0.3) is 0 Å². The highest BCUT2D eigenvalue weighted by Gasteiger charge is 2.11. The van der Waals surface area contributed by atoms with Crippen molar-refractivity contribution in [1.82, 2.24) is 9.97 Å². The molecular formula is C21H23ClN4O. The van der Waals surface area contributed by atoms with Crippen LogP contribution in [0.2, 0.25) is 5.02 Å². The minimum absolute atomic E-state index is 0.527. The van der Waals surface area contributed by atoms with Crippen molar-refractivity contribution in [3.05, 3.63) is 59.6 Å². The van der Waals surface area contributed by atoms with Crippen molar-refractivity contribution >= 4 is 29.1 Å². The molecule has 3 rings (SSSR count). The predicted octanol–water partition coefficient (Wildman–Crippen LogP) is 5.40. The smallest absolute Gasteiger partial charge is 0.229 e. The third kappa shape index (κ3) is 4.49. The van der Waals surface area contributed by atoms with Crippen molar-refractivity contribution in [2.75, 3.05) is 30.4 Å². The lowest BCUT2D eigenvalue weighted by molar-refractivity contribution is 0.415. The van der Waals surface area contributed by atoms with Crippen molar-refractivity contribution in [1.29, 1.82) is 0 Å². The Kier molecular flexibility index (Phi) is 6.14. The van der Waals surface area contributed by atoms with Gasteiger partial charge in [-0.3, -0.25) is 0 Å². The van der Waals surface area contributed by atoms with Gasteiger partial charge in [0.1, 0.15) is 11.6 Å². The predicted molar refractivity (Wildman–Crippen MR) is 112 cm³/mol. The number of ether oxygens (including phenoxy) is 1. The normalized spacial score (nSPS) is 10.5. The molecule has 140 valence electrons. The van der Waals surface area contributed by atoms with Gasteiger partial charge >= 0.3 is 0 Å². The van der Waals surface area contributed by atoms with Crippen LogP contribution in [0.3, 0.4) is 0 Å². The Hall–Kier alpha value is -2.79. The summed E-state index contributed by atoms with van der Waals surface area (Å²) in [4.78, 5) is 11.6. The molecule has 1 heterocycles. The van der Waals surface area contributed by atoms with Gasteiger partial charge in [-0.25, -0.2) is 4.98 Å². The van der Waals surface area contributed by atoms with Crippen LogP contribution in [0.5, 0.6) is 5.75 Å². The van der Waals surface area contributed by atoms with E-state index in [1.165, 1.54) is 0 Å². The van der Waals surface area contributed by atoms with E-state index in [2.05, 4.69) is 24.1 Å². The van der Waals surface area contributed by atoms with E-state index in [0.717, 1.165) is 35.9 Å². The largest absolute Gasteiger partial charge is 0.495 e. The fourth-order valence-corrected chi connectivity index (χ4v) is 3.09. The molecule has 0 aliphatic rings. The van der Waals surface area contributed by atoms with Gasteiger partial charge in [0.15, 0.2) is 0 Å². The summed E-state index contributed by atoms with van der Waals surface area (Å²) >= 11 is 6.24. The molecule has 2 aromatic carbocycles. The monoisotopic (exact) mass is 382 g/mol. The summed E-state index contributed by atoms with van der Waals surface area (Å²) < 4.78 is 5.21. The highest BCUT2D eigenvalue weighted by molar-refractivity contribution is 6.32. The first kappa shape index (κ1) is 19.0. The van der Waals surface area contributed by atoms with Crippen LogP contribution >= 0.6 is 11.6 Å². The fourth-order valence-electron chi connectivity index (χ4n) is 2.83. The van der Waals surface area contributed by atoms with Crippen LogP contribution in [0.1, 0.15) is 13.8 Å². The van der Waals surface area contributed by atoms with Gasteiger partial charge in [-0.05, 0) is 32.0 Å². The quantitative estimate of drug-likeness (QED) is 0.593. The standard InChI is InChI=1S/C21H23ClN4O/c1-4-26(5-2)20-14-18(15-9-7-6-8-10-15)24-21(25-20)23-16-11-12-19(27-3)17(22)13-16/h6-14H,4-5H2,1-3H3,(H,23,24,25). The first-order valence-corrected chi connectivity index (χ1v) is 9.32. The third-order valence-electron chi connectivity index (χ3n) is 4.28. The van der Waals surface area contributed by atoms with Crippen molar-refractivity contribution in [2.45, 2.75) is 13.8 Å². The summed E-state index contributed by atoms with van der Waals surface area (Å²) in [5.41, 5.74) is 2.72. The van der Waals surface area contributed by atoms with E-state index in [1.54, 1.807) is 13.2 Å². The van der Waals surface area contributed by atoms with Crippen LogP contribution in [0.25, 0.3) is 11.3 Å². The molecule has 0 aliphatic carbocycles. The number of aromatic nitrogens is 2. The Labute approximate surface area is 165 Å². The SMILES string of the molecule is CCN(CC)c1cc(-c2ccccc2)nc(Nc2ccc(OC)c(Cl)c2)n1. The molecule has 3 aromatic rings. The molecule has 0 fully saturated rings. The number of hydrogen-bond donors (Lipinski definition) is 1. The van der Waals surface area contributed by atoms with Crippen LogP contribution in [-0.2, 0) is 0 Å². The first-order chi connectivity index (χ1) is 13.1. The second kappa shape index (κ2) is 8.73. The van der Waals surface area contributed by atoms with E-state index in [-0.39, 0.29) is 0 Å². The van der Waals surface area contributed by atoms with Gasteiger partial charge in [0.2, 0.25) is 5.95 Å². The first-order valence-electron chi connectivity index (χ1n) is 8.94. The molecule has 0 saturated heterocycles. The third-order valence-corrected chi connectivity index (χ3v) is 4.57. The van der Waals surface area contributed by atoms with Crippen LogP contribution in [0.15, 0.2) is 54.6 Å². The average Bonchev–Trinajstić information content (AvgIpc) is 2.70. The van der Waals surface area contributed by atoms with Crippen molar-refractivity contribution in [2.24, 2.45) is 0 Å². The van der Waals surface area contributed by atoms with Crippen molar-refractivity contribution < 1.29 is 4.74 Å². The molecule has 0 spiro atoms. The molecular weight excluding hydrogens is 360 g/mol. The molecule has 1 N–H and O–H groups in total. The minimum Gasteiger partial charge on any atom is -0.495 e. The minimum atomic E-state index is 0.527. The van der Waals surface area contributed by atoms with Gasteiger partial charge in [0, 0.05) is 30.4 Å². The number of anilines is 3. The lowest BCUT2D eigenvalue weighted by Gasteiger charge is -2.21. The fraction of sp³-hybridized carbons (Fsp3) is 0.238. The van der Waals surface area contributed by atoms with Gasteiger partial charge in [0.05, 0.1) is 17.8 Å². The van der Waals surface area contributed by atoms with Gasteiger partial charge in [-0.2, -0.15) is 4.98 Å². The number of methoxy groups -OCH3 is 1. The van der Waals surface area contributed by atoms with E-state index in [4.69, 9.17) is 26.3 Å². The van der Waals surface area contributed by atoms with Crippen LogP contribution in [0, 0.1) is 0 Å². The molecule has 27 heavy (non-hydrogen) atoms. The Morgan fingerprint density at radius 3 is 2.37 bits per heavy atom. The molecule has 0 saturated carbocycles. The molecule has 0 bridgehead atoms. The number of hydrogen-bond acceptors (Lipinski definition) is 5. The van der Waals surface area contributed by atoms with Crippen molar-refractivity contribution in [3.8, 4) is 17.0 Å². The van der Waals surface area contributed by atoms with Gasteiger partial charge in [-0.15, -0.1) is 0 Å². The average molecular weight is 383 g/mol. The summed E-state index contributed by atoms with van der Waals surface area (Å²) in [7, 11) is 1.59. The highest BCUT2D eigenvalue weighted by Crippen LogP contribution is 2.29. The number of nitrogens with one attached hydrogen (secondary N) is 1. The van der Waals surface area contributed by atoms with Gasteiger partial charge < -0.3 is 15.0 Å². The Balaban J connectivity index is 2.00. The summed E-state index contributed by atoms with van der Waals surface area (Å²) in [5, 5.41) is 3.79. The second-order valence-electron chi connectivity index (χ2n) is 5.95. The summed E-state index contributed by atoms with van der Waals surface area (Å²) in [6.45, 7) is 5.97. The van der Waals surface area contributed by atoms with E-state index in [0.29, 0.717) is 16.7 Å². The Morgan fingerprint density at radius 2 is 1.74 bits per heavy atom. The molecule has 6 heteroatoms. The molecule has 0 radical (unpaired) electrons. The van der Waals surface area contributed by atoms with E-state index in [1.807, 2.05) is 48.5 Å². The second-order valence-corrected chi connectivity index (χ2v) is 6.35. The van der Waals surface area contributed by atoms with E-state index < -0.39 is 0 Å². The van der Waals surface area contributed by atoms with Gasteiger partial charge in [-0.1, -0.05) is 41.9 Å². The zero-order valence-corrected chi connectivity index (χ0v) is 16.5. The number of halogens is 1. The molecule has 0 atom stereocenters. The van der Waals surface area contributed by atoms with E-state index in [9.17, 15) is 0 Å². The number of rotatable bonds is 7. The topological polar surface area (TPSA) is 50.3 Å². The summed E-state index contributed by atoms with van der Waals surface area (Å²) in [6.07, 6.45) is 0. The highest BCUT2D eigenvalue weighted by atomic mass is 35.5. The Morgan fingerprint density at radius 1 is 1.00 bits per heavy atom. The van der Waals surface area contributed by atoms with E-state index >= 15 is 0 Å². The molecule has 0 amide bonds. The zero-order valence-electron chi connectivity index (χ0n) is 15.7. The van der Waals surface area contributed by atoms with Crippen LogP contribution < -0.4 is 15.0 Å². The van der Waals surface area contributed by atoms with Crippen molar-refractivity contribution in [3.63, 3.8) is 0 Å². The lowest BCUT2D eigenvalue weighted by Crippen LogP contribution is -2.23. The summed E-state index contributed by atoms with van der Waals surface area (Å²) in [6, 6.07) is 17.6. The number of nitrogens with zero attached hydrogens (tertiary/aromatic N) is 3. The maximum atomic E-state index is 6.24. The Bertz CT molecular complexity index is 898. The maximum absolute atomic E-state index is 6.24.